The third-order valence-corrected chi connectivity index (χ3v) is 4.69. The van der Waals surface area contributed by atoms with Crippen molar-refractivity contribution < 1.29 is 4.79 Å². The number of piperidine rings is 1. The zero-order valence-corrected chi connectivity index (χ0v) is 12.0. The lowest BCUT2D eigenvalue weighted by molar-refractivity contribution is -0.125. The highest BCUT2D eigenvalue weighted by atomic mass is 16.1. The largest absolute Gasteiger partial charge is 0.317 e. The van der Waals surface area contributed by atoms with E-state index in [1.807, 2.05) is 0 Å². The lowest BCUT2D eigenvalue weighted by Crippen LogP contribution is -2.48. The van der Waals surface area contributed by atoms with Crippen molar-refractivity contribution in [2.24, 2.45) is 5.92 Å². The number of carbonyl (C=O) groups excluding carboxylic acids is 1. The van der Waals surface area contributed by atoms with Gasteiger partial charge in [-0.15, -0.1) is 0 Å². The molecule has 2 heterocycles. The number of hydrogen-bond acceptors (Lipinski definition) is 3. The van der Waals surface area contributed by atoms with Gasteiger partial charge < -0.3 is 5.32 Å². The second kappa shape index (κ2) is 6.67. The van der Waals surface area contributed by atoms with Gasteiger partial charge in [0.15, 0.2) is 0 Å². The molecule has 2 saturated heterocycles. The van der Waals surface area contributed by atoms with E-state index in [0.29, 0.717) is 17.7 Å². The normalized spacial score (nSPS) is 28.4. The fourth-order valence-electron chi connectivity index (χ4n) is 3.33. The Morgan fingerprint density at radius 1 is 1.33 bits per heavy atom. The van der Waals surface area contributed by atoms with Crippen molar-refractivity contribution in [2.75, 3.05) is 19.6 Å². The molecule has 0 saturated carbocycles. The van der Waals surface area contributed by atoms with Gasteiger partial charge in [0, 0.05) is 12.5 Å². The quantitative estimate of drug-likeness (QED) is 0.814. The van der Waals surface area contributed by atoms with Crippen LogP contribution in [0.2, 0.25) is 0 Å². The van der Waals surface area contributed by atoms with Crippen LogP contribution in [0.3, 0.4) is 0 Å². The molecule has 0 aromatic carbocycles. The molecule has 0 aromatic heterocycles. The molecule has 1 N–H and O–H groups in total. The SMILES string of the molecule is CCC(C)CC(=O)C1CCCN1C1CCNCC1. The third kappa shape index (κ3) is 3.33. The summed E-state index contributed by atoms with van der Waals surface area (Å²) in [5.41, 5.74) is 0. The molecule has 104 valence electrons. The van der Waals surface area contributed by atoms with Crippen molar-refractivity contribution >= 4 is 5.78 Å². The van der Waals surface area contributed by atoms with Gasteiger partial charge in [-0.05, 0) is 51.2 Å². The summed E-state index contributed by atoms with van der Waals surface area (Å²) in [6.45, 7) is 7.75. The van der Waals surface area contributed by atoms with Crippen molar-refractivity contribution in [3.8, 4) is 0 Å². The summed E-state index contributed by atoms with van der Waals surface area (Å²) < 4.78 is 0. The molecule has 18 heavy (non-hydrogen) atoms. The monoisotopic (exact) mass is 252 g/mol. The average Bonchev–Trinajstić information content (AvgIpc) is 2.88. The molecule has 0 amide bonds. The predicted octanol–water partition coefficient (Wildman–Crippen LogP) is 2.21. The maximum absolute atomic E-state index is 12.4. The maximum atomic E-state index is 12.4. The Labute approximate surface area is 111 Å². The van der Waals surface area contributed by atoms with Crippen LogP contribution >= 0.6 is 0 Å². The zero-order valence-electron chi connectivity index (χ0n) is 12.0. The minimum Gasteiger partial charge on any atom is -0.317 e. The van der Waals surface area contributed by atoms with E-state index in [0.717, 1.165) is 38.9 Å². The van der Waals surface area contributed by atoms with Gasteiger partial charge in [0.2, 0.25) is 0 Å². The molecular formula is C15H28N2O. The van der Waals surface area contributed by atoms with Crippen molar-refractivity contribution in [2.45, 2.75) is 64.5 Å². The Kier molecular flexibility index (Phi) is 5.19. The van der Waals surface area contributed by atoms with Crippen LogP contribution in [0.25, 0.3) is 0 Å². The Morgan fingerprint density at radius 2 is 2.06 bits per heavy atom. The molecule has 0 aliphatic carbocycles. The molecule has 3 heteroatoms. The number of nitrogens with zero attached hydrogens (tertiary/aromatic N) is 1. The highest BCUT2D eigenvalue weighted by molar-refractivity contribution is 5.84. The van der Waals surface area contributed by atoms with Crippen molar-refractivity contribution in [1.82, 2.24) is 10.2 Å². The fourth-order valence-corrected chi connectivity index (χ4v) is 3.33. The molecule has 2 unspecified atom stereocenters. The van der Waals surface area contributed by atoms with E-state index in [2.05, 4.69) is 24.1 Å². The van der Waals surface area contributed by atoms with Gasteiger partial charge in [0.25, 0.3) is 0 Å². The number of likely N-dealkylation sites (tertiary alicyclic amines) is 1. The van der Waals surface area contributed by atoms with Crippen molar-refractivity contribution in [3.63, 3.8) is 0 Å². The Bertz CT molecular complexity index is 274. The average molecular weight is 252 g/mol. The van der Waals surface area contributed by atoms with E-state index in [1.165, 1.54) is 19.3 Å². The Morgan fingerprint density at radius 3 is 2.72 bits per heavy atom. The summed E-state index contributed by atoms with van der Waals surface area (Å²) in [5.74, 6) is 1.05. The molecule has 3 nitrogen and oxygen atoms in total. The second-order valence-corrected chi connectivity index (χ2v) is 6.06. The molecule has 0 bridgehead atoms. The van der Waals surface area contributed by atoms with Crippen LogP contribution in [0, 0.1) is 5.92 Å². The number of ketones is 1. The topological polar surface area (TPSA) is 32.3 Å². The maximum Gasteiger partial charge on any atom is 0.150 e. The summed E-state index contributed by atoms with van der Waals surface area (Å²) in [6.07, 6.45) is 6.63. The minimum absolute atomic E-state index is 0.238. The van der Waals surface area contributed by atoms with Gasteiger partial charge in [-0.1, -0.05) is 20.3 Å². The van der Waals surface area contributed by atoms with Gasteiger partial charge >= 0.3 is 0 Å². The van der Waals surface area contributed by atoms with Gasteiger partial charge in [0.05, 0.1) is 6.04 Å². The lowest BCUT2D eigenvalue weighted by atomic mass is 9.95. The fraction of sp³-hybridized carbons (Fsp3) is 0.933. The number of carbonyl (C=O) groups is 1. The summed E-state index contributed by atoms with van der Waals surface area (Å²) in [7, 11) is 0. The Hall–Kier alpha value is -0.410. The van der Waals surface area contributed by atoms with Gasteiger partial charge in [-0.3, -0.25) is 9.69 Å². The van der Waals surface area contributed by atoms with Crippen molar-refractivity contribution in [1.29, 1.82) is 0 Å². The Balaban J connectivity index is 1.91. The summed E-state index contributed by atoms with van der Waals surface area (Å²) >= 11 is 0. The van der Waals surface area contributed by atoms with Gasteiger partial charge in [-0.25, -0.2) is 0 Å². The third-order valence-electron chi connectivity index (χ3n) is 4.69. The van der Waals surface area contributed by atoms with Crippen LogP contribution in [0.15, 0.2) is 0 Å². The molecule has 2 rings (SSSR count). The highest BCUT2D eigenvalue weighted by Crippen LogP contribution is 2.26. The van der Waals surface area contributed by atoms with Crippen molar-refractivity contribution in [3.05, 3.63) is 0 Å². The molecule has 2 aliphatic heterocycles. The number of nitrogens with one attached hydrogen (secondary N) is 1. The molecular weight excluding hydrogens is 224 g/mol. The van der Waals surface area contributed by atoms with Crippen LogP contribution in [-0.2, 0) is 4.79 Å². The van der Waals surface area contributed by atoms with Crippen LogP contribution < -0.4 is 5.32 Å². The molecule has 0 spiro atoms. The van der Waals surface area contributed by atoms with Crippen LogP contribution in [0.4, 0.5) is 0 Å². The van der Waals surface area contributed by atoms with E-state index in [-0.39, 0.29) is 6.04 Å². The molecule has 2 atom stereocenters. The molecule has 2 aliphatic rings. The van der Waals surface area contributed by atoms with Crippen LogP contribution in [0.5, 0.6) is 0 Å². The summed E-state index contributed by atoms with van der Waals surface area (Å²) in [4.78, 5) is 14.9. The molecule has 0 aromatic rings. The molecule has 2 fully saturated rings. The summed E-state index contributed by atoms with van der Waals surface area (Å²) in [5, 5.41) is 3.41. The van der Waals surface area contributed by atoms with Crippen LogP contribution in [0.1, 0.15) is 52.4 Å². The first kappa shape index (κ1) is 14.0. The minimum atomic E-state index is 0.238. The van der Waals surface area contributed by atoms with Gasteiger partial charge in [-0.2, -0.15) is 0 Å². The lowest BCUT2D eigenvalue weighted by Gasteiger charge is -2.35. The first-order valence-electron chi connectivity index (χ1n) is 7.71. The van der Waals surface area contributed by atoms with E-state index in [9.17, 15) is 4.79 Å². The smallest absolute Gasteiger partial charge is 0.150 e. The van der Waals surface area contributed by atoms with E-state index in [4.69, 9.17) is 0 Å². The highest BCUT2D eigenvalue weighted by Gasteiger charge is 2.35. The first-order valence-corrected chi connectivity index (χ1v) is 7.71. The van der Waals surface area contributed by atoms with Gasteiger partial charge in [0.1, 0.15) is 5.78 Å². The number of rotatable bonds is 5. The van der Waals surface area contributed by atoms with E-state index in [1.54, 1.807) is 0 Å². The second-order valence-electron chi connectivity index (χ2n) is 6.06. The van der Waals surface area contributed by atoms with E-state index >= 15 is 0 Å². The predicted molar refractivity (Wildman–Crippen MR) is 74.7 cm³/mol. The molecule has 0 radical (unpaired) electrons. The number of hydrogen-bond donors (Lipinski definition) is 1. The standard InChI is InChI=1S/C15H28N2O/c1-3-12(2)11-15(18)14-5-4-10-17(14)13-6-8-16-9-7-13/h12-14,16H,3-11H2,1-2H3. The number of Topliss-reactive ketones (excluding diaryl/α,β-unsaturated/α-hetero) is 1. The van der Waals surface area contributed by atoms with E-state index < -0.39 is 0 Å². The first-order chi connectivity index (χ1) is 8.72. The summed E-state index contributed by atoms with van der Waals surface area (Å²) in [6, 6.07) is 0.890. The zero-order chi connectivity index (χ0) is 13.0. The van der Waals surface area contributed by atoms with Crippen LogP contribution in [-0.4, -0.2) is 42.4 Å².